The summed E-state index contributed by atoms with van der Waals surface area (Å²) in [5, 5.41) is 0. The SMILES string of the molecule is CCCC1C(=S)N(CC)C(C)C1C. The van der Waals surface area contributed by atoms with Gasteiger partial charge in [0.15, 0.2) is 0 Å². The molecule has 3 unspecified atom stereocenters. The number of hydrogen-bond acceptors (Lipinski definition) is 1. The molecule has 0 bridgehead atoms. The van der Waals surface area contributed by atoms with Gasteiger partial charge in [-0.3, -0.25) is 0 Å². The van der Waals surface area contributed by atoms with E-state index >= 15 is 0 Å². The maximum atomic E-state index is 5.51. The molecule has 1 aliphatic rings. The lowest BCUT2D eigenvalue weighted by atomic mass is 9.90. The highest BCUT2D eigenvalue weighted by Crippen LogP contribution is 2.34. The van der Waals surface area contributed by atoms with E-state index in [1.807, 2.05) is 0 Å². The lowest BCUT2D eigenvalue weighted by Gasteiger charge is -2.22. The predicted molar refractivity (Wildman–Crippen MR) is 62.0 cm³/mol. The molecule has 0 aromatic rings. The Bertz CT molecular complexity index is 191. The van der Waals surface area contributed by atoms with Gasteiger partial charge in [-0.1, -0.05) is 32.5 Å². The first kappa shape index (κ1) is 11.0. The number of rotatable bonds is 3. The van der Waals surface area contributed by atoms with E-state index in [1.54, 1.807) is 0 Å². The Kier molecular flexibility index (Phi) is 3.72. The zero-order valence-corrected chi connectivity index (χ0v) is 10.0. The average molecular weight is 199 g/mol. The molecule has 13 heavy (non-hydrogen) atoms. The lowest BCUT2D eigenvalue weighted by Crippen LogP contribution is -2.31. The monoisotopic (exact) mass is 199 g/mol. The van der Waals surface area contributed by atoms with Gasteiger partial charge in [0.1, 0.15) is 0 Å². The summed E-state index contributed by atoms with van der Waals surface area (Å²) < 4.78 is 0. The van der Waals surface area contributed by atoms with Crippen LogP contribution in [0.5, 0.6) is 0 Å². The molecule has 1 heterocycles. The number of hydrogen-bond donors (Lipinski definition) is 0. The normalized spacial score (nSPS) is 34.3. The molecule has 0 saturated carbocycles. The van der Waals surface area contributed by atoms with Crippen molar-refractivity contribution in [1.82, 2.24) is 4.90 Å². The third-order valence-electron chi connectivity index (χ3n) is 3.43. The summed E-state index contributed by atoms with van der Waals surface area (Å²) in [6, 6.07) is 0.647. The molecule has 2 heteroatoms. The van der Waals surface area contributed by atoms with Gasteiger partial charge in [-0.05, 0) is 26.2 Å². The zero-order valence-electron chi connectivity index (χ0n) is 9.21. The Hall–Kier alpha value is -0.110. The smallest absolute Gasteiger partial charge is 0.0816 e. The quantitative estimate of drug-likeness (QED) is 0.643. The van der Waals surface area contributed by atoms with Gasteiger partial charge in [-0.2, -0.15) is 0 Å². The van der Waals surface area contributed by atoms with Gasteiger partial charge in [0, 0.05) is 18.5 Å². The first-order chi connectivity index (χ1) is 6.13. The molecule has 1 rings (SSSR count). The van der Waals surface area contributed by atoms with Crippen molar-refractivity contribution in [3.8, 4) is 0 Å². The van der Waals surface area contributed by atoms with Crippen molar-refractivity contribution in [3.63, 3.8) is 0 Å². The first-order valence-electron chi connectivity index (χ1n) is 5.43. The second-order valence-electron chi connectivity index (χ2n) is 4.12. The van der Waals surface area contributed by atoms with Crippen LogP contribution in [0.25, 0.3) is 0 Å². The standard InChI is InChI=1S/C11H21NS/c1-5-7-10-8(3)9(4)12(6-2)11(10)13/h8-10H,5-7H2,1-4H3. The van der Waals surface area contributed by atoms with Gasteiger partial charge < -0.3 is 4.90 Å². The van der Waals surface area contributed by atoms with E-state index in [0.717, 1.165) is 12.5 Å². The highest BCUT2D eigenvalue weighted by atomic mass is 32.1. The largest absolute Gasteiger partial charge is 0.363 e. The summed E-state index contributed by atoms with van der Waals surface area (Å²) >= 11 is 5.51. The highest BCUT2D eigenvalue weighted by Gasteiger charge is 2.38. The number of nitrogens with zero attached hydrogens (tertiary/aromatic N) is 1. The fourth-order valence-corrected chi connectivity index (χ4v) is 3.03. The van der Waals surface area contributed by atoms with Crippen molar-refractivity contribution >= 4 is 17.2 Å². The number of thiocarbonyl (C=S) groups is 1. The molecule has 1 fully saturated rings. The Morgan fingerprint density at radius 3 is 2.31 bits per heavy atom. The topological polar surface area (TPSA) is 3.24 Å². The Labute approximate surface area is 87.5 Å². The van der Waals surface area contributed by atoms with Crippen LogP contribution in [0.15, 0.2) is 0 Å². The molecule has 0 aromatic carbocycles. The van der Waals surface area contributed by atoms with E-state index in [2.05, 4.69) is 32.6 Å². The Morgan fingerprint density at radius 2 is 1.92 bits per heavy atom. The van der Waals surface area contributed by atoms with Crippen LogP contribution in [0.3, 0.4) is 0 Å². The number of likely N-dealkylation sites (tertiary alicyclic amines) is 1. The molecule has 0 aliphatic carbocycles. The average Bonchev–Trinajstić information content (AvgIpc) is 2.31. The molecule has 0 amide bonds. The molecule has 76 valence electrons. The zero-order chi connectivity index (χ0) is 10.0. The van der Waals surface area contributed by atoms with E-state index in [1.165, 1.54) is 17.8 Å². The van der Waals surface area contributed by atoms with Crippen LogP contribution in [0.4, 0.5) is 0 Å². The van der Waals surface area contributed by atoms with Crippen molar-refractivity contribution in [3.05, 3.63) is 0 Å². The van der Waals surface area contributed by atoms with Gasteiger partial charge >= 0.3 is 0 Å². The molecule has 1 aliphatic heterocycles. The molecule has 0 spiro atoms. The fourth-order valence-electron chi connectivity index (χ4n) is 2.40. The second kappa shape index (κ2) is 4.41. The summed E-state index contributed by atoms with van der Waals surface area (Å²) in [6.07, 6.45) is 2.51. The molecule has 3 atom stereocenters. The molecule has 0 N–H and O–H groups in total. The van der Waals surface area contributed by atoms with E-state index < -0.39 is 0 Å². The first-order valence-corrected chi connectivity index (χ1v) is 5.84. The van der Waals surface area contributed by atoms with E-state index in [4.69, 9.17) is 12.2 Å². The predicted octanol–water partition coefficient (Wildman–Crippen LogP) is 3.09. The van der Waals surface area contributed by atoms with Crippen LogP contribution in [0.2, 0.25) is 0 Å². The lowest BCUT2D eigenvalue weighted by molar-refractivity contribution is 0.300. The molecule has 1 saturated heterocycles. The summed E-state index contributed by atoms with van der Waals surface area (Å²) in [7, 11) is 0. The maximum Gasteiger partial charge on any atom is 0.0816 e. The summed E-state index contributed by atoms with van der Waals surface area (Å²) in [5.74, 6) is 1.40. The minimum atomic E-state index is 0.647. The van der Waals surface area contributed by atoms with Crippen molar-refractivity contribution in [2.75, 3.05) is 6.54 Å². The van der Waals surface area contributed by atoms with E-state index in [0.29, 0.717) is 12.0 Å². The van der Waals surface area contributed by atoms with Crippen LogP contribution in [-0.2, 0) is 0 Å². The third-order valence-corrected chi connectivity index (χ3v) is 3.97. The molecule has 0 aromatic heterocycles. The molecule has 0 radical (unpaired) electrons. The van der Waals surface area contributed by atoms with Gasteiger partial charge in [0.25, 0.3) is 0 Å². The van der Waals surface area contributed by atoms with Gasteiger partial charge in [-0.25, -0.2) is 0 Å². The van der Waals surface area contributed by atoms with Gasteiger partial charge in [0.2, 0.25) is 0 Å². The fraction of sp³-hybridized carbons (Fsp3) is 0.909. The van der Waals surface area contributed by atoms with E-state index in [9.17, 15) is 0 Å². The van der Waals surface area contributed by atoms with Crippen LogP contribution in [0, 0.1) is 11.8 Å². The molecular formula is C11H21NS. The summed E-state index contributed by atoms with van der Waals surface area (Å²) in [6.45, 7) is 10.2. The minimum absolute atomic E-state index is 0.647. The second-order valence-corrected chi connectivity index (χ2v) is 4.54. The van der Waals surface area contributed by atoms with Gasteiger partial charge in [-0.15, -0.1) is 0 Å². The van der Waals surface area contributed by atoms with Crippen molar-refractivity contribution < 1.29 is 0 Å². The summed E-state index contributed by atoms with van der Waals surface area (Å²) in [5.41, 5.74) is 0. The molecule has 1 nitrogen and oxygen atoms in total. The van der Waals surface area contributed by atoms with E-state index in [-0.39, 0.29) is 0 Å². The Morgan fingerprint density at radius 1 is 1.31 bits per heavy atom. The van der Waals surface area contributed by atoms with Crippen LogP contribution >= 0.6 is 12.2 Å². The van der Waals surface area contributed by atoms with Crippen LogP contribution in [-0.4, -0.2) is 22.5 Å². The third kappa shape index (κ3) is 1.88. The molecular weight excluding hydrogens is 178 g/mol. The van der Waals surface area contributed by atoms with Crippen molar-refractivity contribution in [1.29, 1.82) is 0 Å². The van der Waals surface area contributed by atoms with Crippen molar-refractivity contribution in [2.24, 2.45) is 11.8 Å². The van der Waals surface area contributed by atoms with Crippen LogP contribution in [0.1, 0.15) is 40.5 Å². The highest BCUT2D eigenvalue weighted by molar-refractivity contribution is 7.80. The van der Waals surface area contributed by atoms with Gasteiger partial charge in [0.05, 0.1) is 4.99 Å². The maximum absolute atomic E-state index is 5.51. The minimum Gasteiger partial charge on any atom is -0.363 e. The summed E-state index contributed by atoms with van der Waals surface area (Å²) in [4.78, 5) is 3.60. The van der Waals surface area contributed by atoms with Crippen molar-refractivity contribution in [2.45, 2.75) is 46.6 Å². The Balaban J connectivity index is 2.72. The van der Waals surface area contributed by atoms with Crippen LogP contribution < -0.4 is 0 Å².